The first-order chi connectivity index (χ1) is 10.9. The molecule has 3 heteroatoms. The van der Waals surface area contributed by atoms with Crippen LogP contribution in [0.15, 0.2) is 79.1 Å². The fraction of sp³-hybridized carbons (Fsp3) is 0. The van der Waals surface area contributed by atoms with Gasteiger partial charge in [0.1, 0.15) is 0 Å². The Morgan fingerprint density at radius 3 is 2.39 bits per heavy atom. The van der Waals surface area contributed by atoms with E-state index in [4.69, 9.17) is 0 Å². The summed E-state index contributed by atoms with van der Waals surface area (Å²) >= 11 is 0. The van der Waals surface area contributed by atoms with Crippen LogP contribution < -0.4 is 0 Å². The van der Waals surface area contributed by atoms with E-state index in [1.807, 2.05) is 48.7 Å². The molecule has 0 saturated heterocycles. The first kappa shape index (κ1) is 15.5. The molecule has 1 radical (unpaired) electrons. The van der Waals surface area contributed by atoms with E-state index in [2.05, 4.69) is 40.3 Å². The van der Waals surface area contributed by atoms with E-state index < -0.39 is 0 Å². The fourth-order valence-corrected chi connectivity index (χ4v) is 2.60. The molecule has 23 heavy (non-hydrogen) atoms. The summed E-state index contributed by atoms with van der Waals surface area (Å²) < 4.78 is 0. The van der Waals surface area contributed by atoms with Gasteiger partial charge in [-0.1, -0.05) is 35.9 Å². The van der Waals surface area contributed by atoms with Crippen molar-refractivity contribution in [1.82, 2.24) is 9.97 Å². The zero-order chi connectivity index (χ0) is 14.8. The summed E-state index contributed by atoms with van der Waals surface area (Å²) in [7, 11) is 0. The Morgan fingerprint density at radius 1 is 0.739 bits per heavy atom. The van der Waals surface area contributed by atoms with Crippen LogP contribution in [-0.4, -0.2) is 9.97 Å². The SMILES string of the molecule is [Ir].[c-]1cc(-c2ccccn2)ccc1-c1nccc2ccccc12. The number of benzene rings is 2. The number of pyridine rings is 2. The maximum atomic E-state index is 4.53. The molecule has 0 aliphatic carbocycles. The van der Waals surface area contributed by atoms with Gasteiger partial charge in [-0.3, -0.25) is 4.98 Å². The Labute approximate surface area is 148 Å². The number of hydrogen-bond donors (Lipinski definition) is 0. The third-order valence-electron chi connectivity index (χ3n) is 3.70. The summed E-state index contributed by atoms with van der Waals surface area (Å²) in [5.74, 6) is 0. The second kappa shape index (κ2) is 6.82. The van der Waals surface area contributed by atoms with Crippen molar-refractivity contribution >= 4 is 10.8 Å². The zero-order valence-corrected chi connectivity index (χ0v) is 14.6. The largest absolute Gasteiger partial charge is 0.304 e. The van der Waals surface area contributed by atoms with Crippen molar-refractivity contribution in [2.45, 2.75) is 0 Å². The molecule has 0 atom stereocenters. The van der Waals surface area contributed by atoms with Crippen LogP contribution in [0.2, 0.25) is 0 Å². The van der Waals surface area contributed by atoms with E-state index in [1.54, 1.807) is 6.20 Å². The standard InChI is InChI=1S/C20H13N2.Ir/c1-2-6-18-15(5-1)12-14-22-20(18)17-10-8-16(9-11-17)19-7-3-4-13-21-19;/h1-10,12-14H;/q-1;. The van der Waals surface area contributed by atoms with Crippen molar-refractivity contribution in [3.05, 3.63) is 85.2 Å². The smallest absolute Gasteiger partial charge is 0.0288 e. The molecular formula is C20H13IrN2-. The molecule has 4 aromatic rings. The maximum absolute atomic E-state index is 4.53. The molecular weight excluding hydrogens is 460 g/mol. The van der Waals surface area contributed by atoms with E-state index in [9.17, 15) is 0 Å². The van der Waals surface area contributed by atoms with Crippen LogP contribution in [0.3, 0.4) is 0 Å². The normalized spacial score (nSPS) is 10.3. The van der Waals surface area contributed by atoms with Gasteiger partial charge in [-0.2, -0.15) is 0 Å². The summed E-state index contributed by atoms with van der Waals surface area (Å²) in [5.41, 5.74) is 3.97. The van der Waals surface area contributed by atoms with E-state index in [1.165, 1.54) is 5.39 Å². The third kappa shape index (κ3) is 3.07. The Balaban J connectivity index is 0.00000156. The van der Waals surface area contributed by atoms with Crippen LogP contribution in [0.25, 0.3) is 33.3 Å². The molecule has 2 aromatic heterocycles. The minimum absolute atomic E-state index is 0. The summed E-state index contributed by atoms with van der Waals surface area (Å²) in [6, 6.07) is 25.6. The summed E-state index contributed by atoms with van der Waals surface area (Å²) in [6.07, 6.45) is 3.65. The molecule has 2 heterocycles. The first-order valence-electron chi connectivity index (χ1n) is 7.19. The Bertz CT molecular complexity index is 914. The summed E-state index contributed by atoms with van der Waals surface area (Å²) in [5, 5.41) is 2.33. The number of aromatic nitrogens is 2. The Kier molecular flexibility index (Phi) is 4.61. The molecule has 2 aromatic carbocycles. The molecule has 0 fully saturated rings. The zero-order valence-electron chi connectivity index (χ0n) is 12.2. The minimum Gasteiger partial charge on any atom is -0.304 e. The van der Waals surface area contributed by atoms with Crippen molar-refractivity contribution in [1.29, 1.82) is 0 Å². The maximum Gasteiger partial charge on any atom is 0.0288 e. The van der Waals surface area contributed by atoms with Gasteiger partial charge in [0.05, 0.1) is 0 Å². The molecule has 0 aliphatic rings. The van der Waals surface area contributed by atoms with Crippen LogP contribution in [0.4, 0.5) is 0 Å². The van der Waals surface area contributed by atoms with Crippen LogP contribution in [-0.2, 0) is 20.1 Å². The second-order valence-corrected chi connectivity index (χ2v) is 5.09. The first-order valence-corrected chi connectivity index (χ1v) is 7.19. The molecule has 4 rings (SSSR count). The van der Waals surface area contributed by atoms with Gasteiger partial charge in [-0.15, -0.1) is 29.8 Å². The van der Waals surface area contributed by atoms with E-state index >= 15 is 0 Å². The van der Waals surface area contributed by atoms with Gasteiger partial charge in [0, 0.05) is 38.2 Å². The predicted molar refractivity (Wildman–Crippen MR) is 89.2 cm³/mol. The fourth-order valence-electron chi connectivity index (χ4n) is 2.60. The van der Waals surface area contributed by atoms with E-state index in [0.29, 0.717) is 0 Å². The second-order valence-electron chi connectivity index (χ2n) is 5.09. The monoisotopic (exact) mass is 474 g/mol. The topological polar surface area (TPSA) is 25.8 Å². The Hall–Kier alpha value is -2.35. The molecule has 2 nitrogen and oxygen atoms in total. The summed E-state index contributed by atoms with van der Waals surface area (Å²) in [6.45, 7) is 0. The van der Waals surface area contributed by atoms with Crippen LogP contribution in [0, 0.1) is 6.07 Å². The molecule has 0 saturated carbocycles. The number of nitrogens with zero attached hydrogens (tertiary/aromatic N) is 2. The predicted octanol–water partition coefficient (Wildman–Crippen LogP) is 4.76. The quantitative estimate of drug-likeness (QED) is 0.393. The molecule has 113 valence electrons. The molecule has 0 N–H and O–H groups in total. The number of hydrogen-bond acceptors (Lipinski definition) is 2. The van der Waals surface area contributed by atoms with Gasteiger partial charge in [-0.05, 0) is 34.7 Å². The van der Waals surface area contributed by atoms with Crippen LogP contribution in [0.1, 0.15) is 0 Å². The van der Waals surface area contributed by atoms with Crippen LogP contribution >= 0.6 is 0 Å². The average molecular weight is 474 g/mol. The van der Waals surface area contributed by atoms with Crippen molar-refractivity contribution in [2.75, 3.05) is 0 Å². The minimum atomic E-state index is 0. The molecule has 0 amide bonds. The average Bonchev–Trinajstić information content (AvgIpc) is 2.62. The molecule has 0 aliphatic heterocycles. The van der Waals surface area contributed by atoms with Gasteiger partial charge >= 0.3 is 0 Å². The molecule has 0 spiro atoms. The number of fused-ring (bicyclic) bond motifs is 1. The molecule has 0 bridgehead atoms. The van der Waals surface area contributed by atoms with E-state index in [0.717, 1.165) is 27.9 Å². The Morgan fingerprint density at radius 2 is 1.61 bits per heavy atom. The van der Waals surface area contributed by atoms with Gasteiger partial charge < -0.3 is 4.98 Å². The van der Waals surface area contributed by atoms with Crippen molar-refractivity contribution in [3.63, 3.8) is 0 Å². The molecule has 0 unspecified atom stereocenters. The van der Waals surface area contributed by atoms with E-state index in [-0.39, 0.29) is 20.1 Å². The van der Waals surface area contributed by atoms with Gasteiger partial charge in [0.15, 0.2) is 0 Å². The van der Waals surface area contributed by atoms with Crippen molar-refractivity contribution in [3.8, 4) is 22.5 Å². The number of rotatable bonds is 2. The van der Waals surface area contributed by atoms with Gasteiger partial charge in [0.25, 0.3) is 0 Å². The van der Waals surface area contributed by atoms with Crippen molar-refractivity contribution in [2.24, 2.45) is 0 Å². The van der Waals surface area contributed by atoms with Crippen molar-refractivity contribution < 1.29 is 20.1 Å². The summed E-state index contributed by atoms with van der Waals surface area (Å²) in [4.78, 5) is 8.90. The van der Waals surface area contributed by atoms with Gasteiger partial charge in [0.2, 0.25) is 0 Å². The van der Waals surface area contributed by atoms with Gasteiger partial charge in [-0.25, -0.2) is 0 Å². The third-order valence-corrected chi connectivity index (χ3v) is 3.70. The van der Waals surface area contributed by atoms with Crippen LogP contribution in [0.5, 0.6) is 0 Å².